The smallest absolute Gasteiger partial charge is 0.340 e. The fourth-order valence-corrected chi connectivity index (χ4v) is 2.99. The Balaban J connectivity index is 2.65. The van der Waals surface area contributed by atoms with E-state index >= 15 is 0 Å². The summed E-state index contributed by atoms with van der Waals surface area (Å²) in [7, 11) is 3.36. The summed E-state index contributed by atoms with van der Waals surface area (Å²) < 4.78 is 21.7. The molecule has 0 saturated carbocycles. The van der Waals surface area contributed by atoms with Gasteiger partial charge in [-0.25, -0.2) is 4.79 Å². The number of rotatable bonds is 14. The molecule has 7 nitrogen and oxygen atoms in total. The van der Waals surface area contributed by atoms with E-state index in [0.29, 0.717) is 18.8 Å². The van der Waals surface area contributed by atoms with Crippen molar-refractivity contribution in [1.29, 1.82) is 0 Å². The molecule has 0 spiro atoms. The molecule has 0 bridgehead atoms. The van der Waals surface area contributed by atoms with Gasteiger partial charge in [0, 0.05) is 45.8 Å². The van der Waals surface area contributed by atoms with E-state index in [-0.39, 0.29) is 24.8 Å². The summed E-state index contributed by atoms with van der Waals surface area (Å²) in [5.74, 6) is -0.365. The maximum absolute atomic E-state index is 12.7. The van der Waals surface area contributed by atoms with Gasteiger partial charge < -0.3 is 24.3 Å². The predicted molar refractivity (Wildman–Crippen MR) is 115 cm³/mol. The Labute approximate surface area is 175 Å². The van der Waals surface area contributed by atoms with Gasteiger partial charge in [0.2, 0.25) is 0 Å². The van der Waals surface area contributed by atoms with Crippen LogP contribution in [0.3, 0.4) is 0 Å². The maximum atomic E-state index is 12.7. The summed E-state index contributed by atoms with van der Waals surface area (Å²) in [5.41, 5.74) is 2.61. The molecule has 1 N–H and O–H groups in total. The Hall–Kier alpha value is -1.70. The SMILES string of the molecule is CCOC(C)COC(C)COC(=O)C(/C=N\C)=C1\C=C(NCCCOC)CCC1. The van der Waals surface area contributed by atoms with Crippen molar-refractivity contribution in [1.82, 2.24) is 5.32 Å². The maximum Gasteiger partial charge on any atom is 0.340 e. The Morgan fingerprint density at radius 3 is 2.69 bits per heavy atom. The van der Waals surface area contributed by atoms with Crippen molar-refractivity contribution in [2.24, 2.45) is 4.99 Å². The summed E-state index contributed by atoms with van der Waals surface area (Å²) in [5, 5.41) is 3.43. The zero-order valence-corrected chi connectivity index (χ0v) is 18.7. The highest BCUT2D eigenvalue weighted by atomic mass is 16.6. The number of nitrogens with one attached hydrogen (secondary N) is 1. The largest absolute Gasteiger partial charge is 0.459 e. The molecule has 0 aromatic rings. The number of ether oxygens (including phenoxy) is 4. The number of esters is 1. The third-order valence-electron chi connectivity index (χ3n) is 4.46. The zero-order chi connectivity index (χ0) is 21.5. The first-order chi connectivity index (χ1) is 14.0. The van der Waals surface area contributed by atoms with Crippen LogP contribution in [0.15, 0.2) is 27.9 Å². The topological polar surface area (TPSA) is 78.4 Å². The average molecular weight is 411 g/mol. The van der Waals surface area contributed by atoms with Gasteiger partial charge in [0.25, 0.3) is 0 Å². The van der Waals surface area contributed by atoms with Gasteiger partial charge in [0.15, 0.2) is 0 Å². The monoisotopic (exact) mass is 410 g/mol. The quantitative estimate of drug-likeness (QED) is 0.205. The van der Waals surface area contributed by atoms with Crippen molar-refractivity contribution in [3.05, 3.63) is 22.9 Å². The molecule has 2 unspecified atom stereocenters. The van der Waals surface area contributed by atoms with Crippen LogP contribution in [0.4, 0.5) is 0 Å². The number of carbonyl (C=O) groups is 1. The molecule has 0 aliphatic heterocycles. The summed E-state index contributed by atoms with van der Waals surface area (Å²) in [6.07, 6.45) is 7.20. The van der Waals surface area contributed by atoms with Crippen LogP contribution in [-0.2, 0) is 23.7 Å². The van der Waals surface area contributed by atoms with Gasteiger partial charge in [-0.3, -0.25) is 4.99 Å². The Kier molecular flexibility index (Phi) is 13.3. The summed E-state index contributed by atoms with van der Waals surface area (Å²) in [4.78, 5) is 16.7. The van der Waals surface area contributed by atoms with Crippen LogP contribution in [0.25, 0.3) is 0 Å². The molecule has 1 aliphatic carbocycles. The van der Waals surface area contributed by atoms with Crippen molar-refractivity contribution >= 4 is 12.2 Å². The van der Waals surface area contributed by atoms with Gasteiger partial charge in [-0.15, -0.1) is 0 Å². The van der Waals surface area contributed by atoms with E-state index in [1.807, 2.05) is 20.8 Å². The van der Waals surface area contributed by atoms with Gasteiger partial charge >= 0.3 is 5.97 Å². The molecule has 1 aliphatic rings. The second-order valence-corrected chi connectivity index (χ2v) is 7.13. The van der Waals surface area contributed by atoms with Gasteiger partial charge in [-0.1, -0.05) is 0 Å². The zero-order valence-electron chi connectivity index (χ0n) is 18.7. The Morgan fingerprint density at radius 2 is 2.00 bits per heavy atom. The predicted octanol–water partition coefficient (Wildman–Crippen LogP) is 3.05. The molecule has 1 rings (SSSR count). The molecule has 0 aromatic carbocycles. The number of nitrogens with zero attached hydrogens (tertiary/aromatic N) is 1. The van der Waals surface area contributed by atoms with Crippen LogP contribution in [0.2, 0.25) is 0 Å². The second-order valence-electron chi connectivity index (χ2n) is 7.13. The average Bonchev–Trinajstić information content (AvgIpc) is 2.72. The molecule has 0 radical (unpaired) electrons. The molecule has 0 amide bonds. The minimum atomic E-state index is -0.365. The first-order valence-electron chi connectivity index (χ1n) is 10.5. The van der Waals surface area contributed by atoms with E-state index in [1.165, 1.54) is 0 Å². The Morgan fingerprint density at radius 1 is 1.24 bits per heavy atom. The molecule has 0 saturated heterocycles. The number of allylic oxidation sites excluding steroid dienone is 3. The van der Waals surface area contributed by atoms with E-state index < -0.39 is 0 Å². The van der Waals surface area contributed by atoms with Crippen molar-refractivity contribution in [2.45, 2.75) is 58.7 Å². The number of hydrogen-bond donors (Lipinski definition) is 1. The highest BCUT2D eigenvalue weighted by Gasteiger charge is 2.18. The highest BCUT2D eigenvalue weighted by Crippen LogP contribution is 2.24. The number of aliphatic imine (C=N–C) groups is 1. The molecule has 0 fully saturated rings. The summed E-state index contributed by atoms with van der Waals surface area (Å²) >= 11 is 0. The van der Waals surface area contributed by atoms with Gasteiger partial charge in [-0.2, -0.15) is 0 Å². The van der Waals surface area contributed by atoms with Gasteiger partial charge in [0.05, 0.1) is 24.4 Å². The minimum Gasteiger partial charge on any atom is -0.459 e. The molecule has 7 heteroatoms. The lowest BCUT2D eigenvalue weighted by molar-refractivity contribution is -0.143. The molecular formula is C22H38N2O5. The lowest BCUT2D eigenvalue weighted by Gasteiger charge is -2.20. The van der Waals surface area contributed by atoms with Crippen LogP contribution >= 0.6 is 0 Å². The fourth-order valence-electron chi connectivity index (χ4n) is 2.99. The lowest BCUT2D eigenvalue weighted by Crippen LogP contribution is -2.25. The van der Waals surface area contributed by atoms with Crippen molar-refractivity contribution < 1.29 is 23.7 Å². The minimum absolute atomic E-state index is 0.0187. The normalized spacial score (nSPS) is 18.3. The van der Waals surface area contributed by atoms with E-state index in [9.17, 15) is 4.79 Å². The van der Waals surface area contributed by atoms with Crippen LogP contribution in [0.5, 0.6) is 0 Å². The summed E-state index contributed by atoms with van der Waals surface area (Å²) in [6.45, 7) is 8.68. The number of carbonyl (C=O) groups excluding carboxylic acids is 1. The van der Waals surface area contributed by atoms with Gasteiger partial charge in [0.1, 0.15) is 6.61 Å². The first-order valence-corrected chi connectivity index (χ1v) is 10.5. The van der Waals surface area contributed by atoms with E-state index in [2.05, 4.69) is 16.4 Å². The molecule has 166 valence electrons. The van der Waals surface area contributed by atoms with E-state index in [1.54, 1.807) is 20.4 Å². The standard InChI is InChI=1S/C22H38N2O5/c1-6-27-17(2)15-28-18(3)16-29-22(25)21(14-23-4)19-9-7-10-20(13-19)24-11-8-12-26-5/h13-14,17-18,24H,6-12,15-16H2,1-5H3/b21-19-,23-14-. The highest BCUT2D eigenvalue weighted by molar-refractivity contribution is 6.10. The van der Waals surface area contributed by atoms with E-state index in [0.717, 1.165) is 50.1 Å². The van der Waals surface area contributed by atoms with Crippen molar-refractivity contribution in [2.75, 3.05) is 47.1 Å². The van der Waals surface area contributed by atoms with Crippen LogP contribution in [0.1, 0.15) is 46.5 Å². The molecule has 2 atom stereocenters. The number of hydrogen-bond acceptors (Lipinski definition) is 7. The molecular weight excluding hydrogens is 372 g/mol. The molecule has 0 heterocycles. The lowest BCUT2D eigenvalue weighted by atomic mass is 9.95. The van der Waals surface area contributed by atoms with Crippen LogP contribution < -0.4 is 5.32 Å². The molecule has 29 heavy (non-hydrogen) atoms. The fraction of sp³-hybridized carbons (Fsp3) is 0.727. The second kappa shape index (κ2) is 15.2. The van der Waals surface area contributed by atoms with Crippen molar-refractivity contribution in [3.63, 3.8) is 0 Å². The Bertz CT molecular complexity index is 572. The summed E-state index contributed by atoms with van der Waals surface area (Å²) in [6, 6.07) is 0. The third-order valence-corrected chi connectivity index (χ3v) is 4.46. The number of methoxy groups -OCH3 is 1. The van der Waals surface area contributed by atoms with Crippen LogP contribution in [0, 0.1) is 0 Å². The first kappa shape index (κ1) is 25.3. The third kappa shape index (κ3) is 10.6. The van der Waals surface area contributed by atoms with Crippen molar-refractivity contribution in [3.8, 4) is 0 Å². The van der Waals surface area contributed by atoms with E-state index in [4.69, 9.17) is 18.9 Å². The van der Waals surface area contributed by atoms with Gasteiger partial charge in [-0.05, 0) is 58.1 Å². The molecule has 0 aromatic heterocycles. The van der Waals surface area contributed by atoms with Crippen LogP contribution in [-0.4, -0.2) is 71.5 Å².